The fourth-order valence-electron chi connectivity index (χ4n) is 0.975. The van der Waals surface area contributed by atoms with Crippen molar-refractivity contribution < 1.29 is 0 Å². The molecule has 0 spiro atoms. The molecule has 0 saturated heterocycles. The molecule has 0 aromatic rings. The van der Waals surface area contributed by atoms with Gasteiger partial charge in [0.05, 0.1) is 0 Å². The van der Waals surface area contributed by atoms with Crippen LogP contribution in [-0.4, -0.2) is 12.1 Å². The van der Waals surface area contributed by atoms with E-state index in [9.17, 15) is 0 Å². The minimum Gasteiger partial charge on any atom is -0.382 e. The molecule has 0 fully saturated rings. The zero-order valence-electron chi connectivity index (χ0n) is 11.0. The molecule has 0 atom stereocenters. The van der Waals surface area contributed by atoms with E-state index in [1.165, 1.54) is 0 Å². The quantitative estimate of drug-likeness (QED) is 0.562. The monoisotopic (exact) mass is 221 g/mol. The molecule has 0 rings (SSSR count). The molecule has 0 unspecified atom stereocenters. The molecule has 0 bridgehead atoms. The number of hydrogen-bond acceptors (Lipinski definition) is 2. The second-order valence-electron chi connectivity index (χ2n) is 4.18. The van der Waals surface area contributed by atoms with E-state index in [2.05, 4.69) is 30.8 Å². The highest BCUT2D eigenvalue weighted by atomic mass is 14.9. The first-order chi connectivity index (χ1) is 7.49. The zero-order valence-corrected chi connectivity index (χ0v) is 11.0. The van der Waals surface area contributed by atoms with Crippen LogP contribution in [0.3, 0.4) is 0 Å². The van der Waals surface area contributed by atoms with Crippen LogP contribution in [0.2, 0.25) is 0 Å². The Morgan fingerprint density at radius 2 is 1.94 bits per heavy atom. The van der Waals surface area contributed by atoms with E-state index < -0.39 is 0 Å². The van der Waals surface area contributed by atoms with E-state index in [0.29, 0.717) is 11.8 Å². The third-order valence-corrected chi connectivity index (χ3v) is 1.77. The van der Waals surface area contributed by atoms with Crippen LogP contribution in [0.4, 0.5) is 0 Å². The summed E-state index contributed by atoms with van der Waals surface area (Å²) in [5.74, 6) is 0.884. The van der Waals surface area contributed by atoms with Crippen LogP contribution in [-0.2, 0) is 0 Å². The van der Waals surface area contributed by atoms with Gasteiger partial charge in [0.1, 0.15) is 11.5 Å². The average Bonchev–Trinajstić information content (AvgIpc) is 2.17. The lowest BCUT2D eigenvalue weighted by Gasteiger charge is -2.03. The van der Waals surface area contributed by atoms with Crippen molar-refractivity contribution in [2.45, 2.75) is 41.0 Å². The maximum absolute atomic E-state index is 5.87. The summed E-state index contributed by atoms with van der Waals surface area (Å²) in [6.45, 7) is 10.2. The average molecular weight is 221 g/mol. The third-order valence-electron chi connectivity index (χ3n) is 1.77. The fourth-order valence-corrected chi connectivity index (χ4v) is 0.975. The molecular weight excluding hydrogens is 198 g/mol. The van der Waals surface area contributed by atoms with E-state index in [0.717, 1.165) is 17.7 Å². The summed E-state index contributed by atoms with van der Waals surface area (Å²) in [6, 6.07) is 0. The summed E-state index contributed by atoms with van der Waals surface area (Å²) < 4.78 is 0. The Hall–Kier alpha value is -1.38. The summed E-state index contributed by atoms with van der Waals surface area (Å²) in [5.41, 5.74) is 7.72. The Labute approximate surface area is 98.9 Å². The Morgan fingerprint density at radius 1 is 1.31 bits per heavy atom. The summed E-state index contributed by atoms with van der Waals surface area (Å²) >= 11 is 0. The van der Waals surface area contributed by atoms with E-state index in [1.54, 1.807) is 6.20 Å². The number of aliphatic imine (C=N–C) groups is 2. The van der Waals surface area contributed by atoms with Crippen LogP contribution in [0.5, 0.6) is 0 Å². The molecule has 2 N–H and O–H groups in total. The van der Waals surface area contributed by atoms with Gasteiger partial charge in [0.2, 0.25) is 0 Å². The first-order valence-corrected chi connectivity index (χ1v) is 5.69. The van der Waals surface area contributed by atoms with Gasteiger partial charge in [-0.2, -0.15) is 0 Å². The molecule has 0 aliphatic carbocycles. The van der Waals surface area contributed by atoms with E-state index in [4.69, 9.17) is 5.73 Å². The molecule has 0 aromatic carbocycles. The largest absolute Gasteiger partial charge is 0.382 e. The summed E-state index contributed by atoms with van der Waals surface area (Å²) in [4.78, 5) is 8.52. The molecular formula is C13H23N3. The Balaban J connectivity index is 4.89. The molecule has 3 nitrogen and oxygen atoms in total. The van der Waals surface area contributed by atoms with Crippen LogP contribution < -0.4 is 5.73 Å². The lowest BCUT2D eigenvalue weighted by atomic mass is 10.2. The van der Waals surface area contributed by atoms with Crippen molar-refractivity contribution in [2.75, 3.05) is 0 Å². The van der Waals surface area contributed by atoms with Crippen molar-refractivity contribution in [3.8, 4) is 0 Å². The Kier molecular flexibility index (Phi) is 7.18. The van der Waals surface area contributed by atoms with Gasteiger partial charge >= 0.3 is 0 Å². The molecule has 0 heterocycles. The Morgan fingerprint density at radius 3 is 2.38 bits per heavy atom. The lowest BCUT2D eigenvalue weighted by molar-refractivity contribution is 0.905. The van der Waals surface area contributed by atoms with Gasteiger partial charge < -0.3 is 5.73 Å². The van der Waals surface area contributed by atoms with Gasteiger partial charge in [-0.15, -0.1) is 0 Å². The molecule has 0 aliphatic rings. The highest BCUT2D eigenvalue weighted by Crippen LogP contribution is 2.06. The fraction of sp³-hybridized carbons (Fsp3) is 0.538. The molecule has 0 aromatic heterocycles. The highest BCUT2D eigenvalue weighted by Gasteiger charge is 2.02. The van der Waals surface area contributed by atoms with Crippen molar-refractivity contribution in [3.05, 3.63) is 23.5 Å². The molecule has 0 radical (unpaired) electrons. The molecule has 16 heavy (non-hydrogen) atoms. The molecule has 90 valence electrons. The zero-order chi connectivity index (χ0) is 12.6. The van der Waals surface area contributed by atoms with Crippen molar-refractivity contribution >= 4 is 12.1 Å². The smallest absolute Gasteiger partial charge is 0.149 e. The third kappa shape index (κ3) is 6.17. The Bertz CT molecular complexity index is 316. The van der Waals surface area contributed by atoms with Crippen LogP contribution in [0.15, 0.2) is 33.5 Å². The molecule has 0 aliphatic heterocycles. The molecule has 3 heteroatoms. The second-order valence-corrected chi connectivity index (χ2v) is 4.18. The van der Waals surface area contributed by atoms with Crippen molar-refractivity contribution in [2.24, 2.45) is 21.6 Å². The van der Waals surface area contributed by atoms with Gasteiger partial charge in [-0.05, 0) is 31.8 Å². The number of amidine groups is 1. The first-order valence-electron chi connectivity index (χ1n) is 5.69. The summed E-state index contributed by atoms with van der Waals surface area (Å²) in [6.07, 6.45) is 6.52. The SMILES string of the molecule is CC/C=C/N=C(N)C(N=CC(C)C)=C(C)C. The number of nitrogens with zero attached hydrogens (tertiary/aromatic N) is 2. The predicted molar refractivity (Wildman–Crippen MR) is 72.8 cm³/mol. The summed E-state index contributed by atoms with van der Waals surface area (Å²) in [5, 5.41) is 0. The maximum Gasteiger partial charge on any atom is 0.149 e. The standard InChI is InChI=1S/C13H23N3/c1-6-7-8-15-13(14)12(11(4)5)16-9-10(2)3/h7-10H,6H2,1-5H3,(H2,14,15)/b8-7+,16-9?. The lowest BCUT2D eigenvalue weighted by Crippen LogP contribution is -2.14. The van der Waals surface area contributed by atoms with E-state index >= 15 is 0 Å². The predicted octanol–water partition coefficient (Wildman–Crippen LogP) is 3.29. The number of allylic oxidation sites excluding steroid dienone is 2. The van der Waals surface area contributed by atoms with Gasteiger partial charge in [-0.1, -0.05) is 26.8 Å². The van der Waals surface area contributed by atoms with E-state index in [-0.39, 0.29) is 0 Å². The van der Waals surface area contributed by atoms with Crippen LogP contribution in [0.25, 0.3) is 0 Å². The van der Waals surface area contributed by atoms with Crippen LogP contribution >= 0.6 is 0 Å². The van der Waals surface area contributed by atoms with E-state index in [1.807, 2.05) is 26.1 Å². The minimum atomic E-state index is 0.410. The van der Waals surface area contributed by atoms with Crippen molar-refractivity contribution in [1.29, 1.82) is 0 Å². The first kappa shape index (κ1) is 14.6. The highest BCUT2D eigenvalue weighted by molar-refractivity contribution is 5.98. The van der Waals surface area contributed by atoms with Crippen LogP contribution in [0.1, 0.15) is 41.0 Å². The molecule has 0 saturated carbocycles. The number of nitrogens with two attached hydrogens (primary N) is 1. The van der Waals surface area contributed by atoms with Gasteiger partial charge in [0, 0.05) is 12.4 Å². The topological polar surface area (TPSA) is 50.7 Å². The number of rotatable bonds is 5. The maximum atomic E-state index is 5.87. The van der Waals surface area contributed by atoms with Crippen LogP contribution in [0, 0.1) is 5.92 Å². The number of hydrogen-bond donors (Lipinski definition) is 1. The van der Waals surface area contributed by atoms with Gasteiger partial charge in [0.15, 0.2) is 0 Å². The van der Waals surface area contributed by atoms with Gasteiger partial charge in [-0.3, -0.25) is 4.99 Å². The molecule has 0 amide bonds. The normalized spacial score (nSPS) is 13.0. The van der Waals surface area contributed by atoms with Gasteiger partial charge in [-0.25, -0.2) is 4.99 Å². The minimum absolute atomic E-state index is 0.410. The van der Waals surface area contributed by atoms with Crippen molar-refractivity contribution in [3.63, 3.8) is 0 Å². The van der Waals surface area contributed by atoms with Gasteiger partial charge in [0.25, 0.3) is 0 Å². The van der Waals surface area contributed by atoms with Crippen molar-refractivity contribution in [1.82, 2.24) is 0 Å². The second kappa shape index (κ2) is 7.85. The summed E-state index contributed by atoms with van der Waals surface area (Å²) in [7, 11) is 0.